The van der Waals surface area contributed by atoms with Crippen LogP contribution >= 0.6 is 0 Å². The number of ketones is 1. The second-order valence-electron chi connectivity index (χ2n) is 6.02. The Labute approximate surface area is 152 Å². The van der Waals surface area contributed by atoms with Gasteiger partial charge in [0.05, 0.1) is 13.2 Å². The second-order valence-corrected chi connectivity index (χ2v) is 6.02. The number of Topliss-reactive ketones (excluding diaryl/α,β-unsaturated/α-hetero) is 1. The second kappa shape index (κ2) is 8.04. The van der Waals surface area contributed by atoms with Gasteiger partial charge in [0.15, 0.2) is 5.78 Å². The summed E-state index contributed by atoms with van der Waals surface area (Å²) in [6, 6.07) is 14.5. The molecule has 2 aromatic carbocycles. The topological polar surface area (TPSA) is 61.8 Å². The lowest BCUT2D eigenvalue weighted by molar-refractivity contribution is -0.151. The van der Waals surface area contributed by atoms with E-state index in [-0.39, 0.29) is 24.7 Å². The molecule has 2 aromatic rings. The minimum Gasteiger partial charge on any atom is -0.494 e. The Bertz CT molecular complexity index is 781. The van der Waals surface area contributed by atoms with Crippen molar-refractivity contribution in [2.75, 3.05) is 13.2 Å². The van der Waals surface area contributed by atoms with Crippen LogP contribution < -0.4 is 9.47 Å². The maximum Gasteiger partial charge on any atom is 0.347 e. The van der Waals surface area contributed by atoms with Gasteiger partial charge in [-0.05, 0) is 44.2 Å². The molecular formula is C21H22O5. The molecule has 1 aliphatic heterocycles. The van der Waals surface area contributed by atoms with Crippen molar-refractivity contribution in [2.24, 2.45) is 0 Å². The molecule has 0 aliphatic carbocycles. The molecule has 0 saturated heterocycles. The fourth-order valence-corrected chi connectivity index (χ4v) is 3.15. The zero-order valence-corrected chi connectivity index (χ0v) is 14.9. The van der Waals surface area contributed by atoms with Gasteiger partial charge in [0.1, 0.15) is 11.5 Å². The van der Waals surface area contributed by atoms with Crippen LogP contribution in [0.3, 0.4) is 0 Å². The quantitative estimate of drug-likeness (QED) is 0.559. The molecule has 5 nitrogen and oxygen atoms in total. The first-order valence-corrected chi connectivity index (χ1v) is 8.82. The van der Waals surface area contributed by atoms with E-state index in [0.717, 1.165) is 11.3 Å². The molecule has 0 spiro atoms. The standard InChI is InChI=1S/C21H22O5/c1-3-24-15-11-9-14(10-12-15)18(22)13-17-16-7-5-6-8-19(16)26-20(17)21(23)25-4-2/h5-12,17,20H,3-4,13H2,1-2H3/t17-,20-/m0/s1. The van der Waals surface area contributed by atoms with Gasteiger partial charge in [-0.15, -0.1) is 0 Å². The molecule has 0 radical (unpaired) electrons. The third kappa shape index (κ3) is 3.72. The van der Waals surface area contributed by atoms with Crippen molar-refractivity contribution in [3.63, 3.8) is 0 Å². The molecule has 2 atom stereocenters. The third-order valence-corrected chi connectivity index (χ3v) is 4.35. The molecule has 1 heterocycles. The summed E-state index contributed by atoms with van der Waals surface area (Å²) < 4.78 is 16.3. The van der Waals surface area contributed by atoms with Crippen LogP contribution in [0.15, 0.2) is 48.5 Å². The summed E-state index contributed by atoms with van der Waals surface area (Å²) in [5.41, 5.74) is 1.45. The van der Waals surface area contributed by atoms with E-state index in [0.29, 0.717) is 17.9 Å². The molecular weight excluding hydrogens is 332 g/mol. The number of rotatable bonds is 7. The van der Waals surface area contributed by atoms with E-state index < -0.39 is 12.1 Å². The molecule has 26 heavy (non-hydrogen) atoms. The van der Waals surface area contributed by atoms with Gasteiger partial charge in [-0.25, -0.2) is 4.79 Å². The first-order valence-electron chi connectivity index (χ1n) is 8.82. The number of hydrogen-bond donors (Lipinski definition) is 0. The molecule has 0 unspecified atom stereocenters. The van der Waals surface area contributed by atoms with Crippen molar-refractivity contribution in [1.29, 1.82) is 0 Å². The molecule has 3 rings (SSSR count). The summed E-state index contributed by atoms with van der Waals surface area (Å²) in [4.78, 5) is 25.0. The fourth-order valence-electron chi connectivity index (χ4n) is 3.15. The Kier molecular flexibility index (Phi) is 5.56. The van der Waals surface area contributed by atoms with Crippen molar-refractivity contribution in [3.8, 4) is 11.5 Å². The largest absolute Gasteiger partial charge is 0.494 e. The van der Waals surface area contributed by atoms with E-state index in [1.54, 1.807) is 31.2 Å². The molecule has 1 aliphatic rings. The average molecular weight is 354 g/mol. The fraction of sp³-hybridized carbons (Fsp3) is 0.333. The summed E-state index contributed by atoms with van der Waals surface area (Å²) in [6.07, 6.45) is -0.618. The highest BCUT2D eigenvalue weighted by Gasteiger charge is 2.41. The zero-order valence-electron chi connectivity index (χ0n) is 14.9. The van der Waals surface area contributed by atoms with E-state index in [4.69, 9.17) is 14.2 Å². The van der Waals surface area contributed by atoms with E-state index >= 15 is 0 Å². The molecule has 136 valence electrons. The lowest BCUT2D eigenvalue weighted by atomic mass is 9.88. The Morgan fingerprint density at radius 3 is 2.42 bits per heavy atom. The van der Waals surface area contributed by atoms with E-state index in [9.17, 15) is 9.59 Å². The lowest BCUT2D eigenvalue weighted by Crippen LogP contribution is -2.32. The molecule has 0 bridgehead atoms. The highest BCUT2D eigenvalue weighted by molar-refractivity contribution is 5.97. The molecule has 0 fully saturated rings. The van der Waals surface area contributed by atoms with E-state index in [1.165, 1.54) is 0 Å². The van der Waals surface area contributed by atoms with Gasteiger partial charge in [-0.2, -0.15) is 0 Å². The first kappa shape index (κ1) is 18.0. The normalized spacial score (nSPS) is 17.9. The van der Waals surface area contributed by atoms with Crippen molar-refractivity contribution in [3.05, 3.63) is 59.7 Å². The van der Waals surface area contributed by atoms with Crippen LogP contribution in [0.25, 0.3) is 0 Å². The minimum atomic E-state index is -0.793. The minimum absolute atomic E-state index is 0.0485. The SMILES string of the molecule is CCOC(=O)[C@H]1Oc2ccccc2[C@@H]1CC(=O)c1ccc(OCC)cc1. The first-order chi connectivity index (χ1) is 12.6. The van der Waals surface area contributed by atoms with Crippen LogP contribution in [0.2, 0.25) is 0 Å². The Morgan fingerprint density at radius 1 is 1.00 bits per heavy atom. The molecule has 5 heteroatoms. The van der Waals surface area contributed by atoms with Crippen molar-refractivity contribution in [1.82, 2.24) is 0 Å². The summed E-state index contributed by atoms with van der Waals surface area (Å²) in [5.74, 6) is 0.517. The van der Waals surface area contributed by atoms with E-state index in [2.05, 4.69) is 0 Å². The molecule has 0 saturated carbocycles. The number of esters is 1. The van der Waals surface area contributed by atoms with Gasteiger partial charge < -0.3 is 14.2 Å². The number of fused-ring (bicyclic) bond motifs is 1. The summed E-state index contributed by atoms with van der Waals surface area (Å²) in [7, 11) is 0. The number of ether oxygens (including phenoxy) is 3. The highest BCUT2D eigenvalue weighted by Crippen LogP contribution is 2.41. The smallest absolute Gasteiger partial charge is 0.347 e. The average Bonchev–Trinajstić information content (AvgIpc) is 3.01. The van der Waals surface area contributed by atoms with Crippen LogP contribution in [0.1, 0.15) is 42.1 Å². The van der Waals surface area contributed by atoms with Crippen molar-refractivity contribution in [2.45, 2.75) is 32.3 Å². The van der Waals surface area contributed by atoms with Crippen LogP contribution in [0.4, 0.5) is 0 Å². The number of carbonyl (C=O) groups excluding carboxylic acids is 2. The van der Waals surface area contributed by atoms with Crippen LogP contribution in [-0.2, 0) is 9.53 Å². The summed E-state index contributed by atoms with van der Waals surface area (Å²) in [5, 5.41) is 0. The van der Waals surface area contributed by atoms with Gasteiger partial charge in [0, 0.05) is 23.5 Å². The van der Waals surface area contributed by atoms with Crippen LogP contribution in [0.5, 0.6) is 11.5 Å². The van der Waals surface area contributed by atoms with Crippen molar-refractivity contribution < 1.29 is 23.8 Å². The number of carbonyl (C=O) groups is 2. The van der Waals surface area contributed by atoms with Gasteiger partial charge in [-0.3, -0.25) is 4.79 Å². The monoisotopic (exact) mass is 354 g/mol. The summed E-state index contributed by atoms with van der Waals surface area (Å²) >= 11 is 0. The molecule has 0 aromatic heterocycles. The Balaban J connectivity index is 1.80. The van der Waals surface area contributed by atoms with Gasteiger partial charge >= 0.3 is 5.97 Å². The molecule has 0 amide bonds. The van der Waals surface area contributed by atoms with Gasteiger partial charge in [-0.1, -0.05) is 18.2 Å². The number of benzene rings is 2. The maximum absolute atomic E-state index is 12.8. The maximum atomic E-state index is 12.8. The highest BCUT2D eigenvalue weighted by atomic mass is 16.6. The van der Waals surface area contributed by atoms with E-state index in [1.807, 2.05) is 31.2 Å². The zero-order chi connectivity index (χ0) is 18.5. The predicted molar refractivity (Wildman–Crippen MR) is 96.8 cm³/mol. The van der Waals surface area contributed by atoms with Crippen molar-refractivity contribution >= 4 is 11.8 Å². The number of para-hydroxylation sites is 1. The summed E-state index contributed by atoms with van der Waals surface area (Å²) in [6.45, 7) is 4.51. The lowest BCUT2D eigenvalue weighted by Gasteiger charge is -2.17. The third-order valence-electron chi connectivity index (χ3n) is 4.35. The number of hydrogen-bond acceptors (Lipinski definition) is 5. The van der Waals surface area contributed by atoms with Gasteiger partial charge in [0.2, 0.25) is 6.10 Å². The Morgan fingerprint density at radius 2 is 1.73 bits per heavy atom. The predicted octanol–water partition coefficient (Wildman–Crippen LogP) is 3.77. The van der Waals surface area contributed by atoms with Crippen LogP contribution in [-0.4, -0.2) is 31.1 Å². The van der Waals surface area contributed by atoms with Crippen LogP contribution in [0, 0.1) is 0 Å². The molecule has 0 N–H and O–H groups in total. The Hall–Kier alpha value is -2.82. The van der Waals surface area contributed by atoms with Gasteiger partial charge in [0.25, 0.3) is 0 Å².